The molecular formula is C64H68O10. The number of ether oxygens (including phenoxy) is 9. The second kappa shape index (κ2) is 30.0. The van der Waals surface area contributed by atoms with E-state index >= 15 is 0 Å². The molecule has 74 heavy (non-hydrogen) atoms. The quantitative estimate of drug-likeness (QED) is 0.0320. The van der Waals surface area contributed by atoms with Crippen LogP contribution in [0.4, 0.5) is 0 Å². The van der Waals surface area contributed by atoms with Crippen LogP contribution in [-0.2, 0) is 93.7 Å². The molecule has 0 bridgehead atoms. The lowest BCUT2D eigenvalue weighted by atomic mass is 9.91. The van der Waals surface area contributed by atoms with Crippen LogP contribution < -0.4 is 0 Å². The van der Waals surface area contributed by atoms with Gasteiger partial charge in [0.05, 0.1) is 65.6 Å². The van der Waals surface area contributed by atoms with Gasteiger partial charge in [-0.25, -0.2) is 0 Å². The Labute approximate surface area is 436 Å². The lowest BCUT2D eigenvalue weighted by molar-refractivity contribution is -0.273. The minimum absolute atomic E-state index is 0.0263. The zero-order valence-electron chi connectivity index (χ0n) is 42.0. The second-order valence-corrected chi connectivity index (χ2v) is 18.3. The number of carbonyl (C=O) groups is 1. The smallest absolute Gasteiger partial charge is 0.306 e. The van der Waals surface area contributed by atoms with E-state index in [2.05, 4.69) is 6.58 Å². The van der Waals surface area contributed by atoms with Crippen molar-refractivity contribution in [3.05, 3.63) is 264 Å². The third kappa shape index (κ3) is 17.3. The van der Waals surface area contributed by atoms with Gasteiger partial charge in [-0.05, 0) is 45.4 Å². The first-order valence-corrected chi connectivity index (χ1v) is 25.6. The highest BCUT2D eigenvalue weighted by atomic mass is 16.6. The van der Waals surface area contributed by atoms with Crippen molar-refractivity contribution >= 4 is 5.97 Å². The predicted octanol–water partition coefficient (Wildman–Crippen LogP) is 12.0. The van der Waals surface area contributed by atoms with Gasteiger partial charge in [-0.2, -0.15) is 0 Å². The first-order valence-electron chi connectivity index (χ1n) is 25.6. The van der Waals surface area contributed by atoms with Gasteiger partial charge in [-0.1, -0.05) is 218 Å². The monoisotopic (exact) mass is 996 g/mol. The minimum atomic E-state index is -0.900. The maximum atomic E-state index is 14.6. The molecule has 1 fully saturated rings. The van der Waals surface area contributed by atoms with Crippen LogP contribution in [0.15, 0.2) is 225 Å². The number of hydrogen-bond acceptors (Lipinski definition) is 10. The summed E-state index contributed by atoms with van der Waals surface area (Å²) in [5.74, 6) is -0.469. The van der Waals surface area contributed by atoms with Gasteiger partial charge in [-0.3, -0.25) is 4.79 Å². The van der Waals surface area contributed by atoms with E-state index < -0.39 is 54.8 Å². The minimum Gasteiger partial charge on any atom is -0.457 e. The predicted molar refractivity (Wildman–Crippen MR) is 285 cm³/mol. The van der Waals surface area contributed by atoms with Crippen LogP contribution in [0.1, 0.15) is 51.8 Å². The molecule has 1 aliphatic heterocycles. The summed E-state index contributed by atoms with van der Waals surface area (Å²) < 4.78 is 60.4. The molecule has 7 aromatic rings. The largest absolute Gasteiger partial charge is 0.457 e. The number of hydrogen-bond donors (Lipinski definition) is 0. The van der Waals surface area contributed by atoms with E-state index in [1.165, 1.54) is 0 Å². The summed E-state index contributed by atoms with van der Waals surface area (Å²) in [7, 11) is 0. The third-order valence-corrected chi connectivity index (χ3v) is 12.8. The lowest BCUT2D eigenvalue weighted by Gasteiger charge is -2.46. The fourth-order valence-electron chi connectivity index (χ4n) is 8.91. The summed E-state index contributed by atoms with van der Waals surface area (Å²) in [6.45, 7) is 6.44. The highest BCUT2D eigenvalue weighted by Gasteiger charge is 2.48. The molecule has 0 N–H and O–H groups in total. The molecule has 0 radical (unpaired) electrons. The molecule has 1 heterocycles. The fourth-order valence-corrected chi connectivity index (χ4v) is 8.91. The van der Waals surface area contributed by atoms with Crippen molar-refractivity contribution in [2.24, 2.45) is 0 Å². The molecule has 0 spiro atoms. The topological polar surface area (TPSA) is 100 Å². The number of rotatable bonds is 30. The van der Waals surface area contributed by atoms with E-state index in [4.69, 9.17) is 42.6 Å². The second-order valence-electron chi connectivity index (χ2n) is 18.3. The Bertz CT molecular complexity index is 2610. The number of esters is 1. The maximum absolute atomic E-state index is 14.6. The molecular weight excluding hydrogens is 929 g/mol. The molecule has 1 aliphatic rings. The molecule has 0 amide bonds. The van der Waals surface area contributed by atoms with Crippen LogP contribution in [0.5, 0.6) is 0 Å². The molecule has 8 rings (SSSR count). The van der Waals surface area contributed by atoms with Crippen LogP contribution in [0.3, 0.4) is 0 Å². The Kier molecular flexibility index (Phi) is 21.7. The molecule has 1 saturated heterocycles. The van der Waals surface area contributed by atoms with E-state index in [0.717, 1.165) is 38.9 Å². The van der Waals surface area contributed by atoms with Gasteiger partial charge in [0.25, 0.3) is 0 Å². The van der Waals surface area contributed by atoms with Gasteiger partial charge < -0.3 is 42.6 Å². The molecule has 0 aromatic heterocycles. The Morgan fingerprint density at radius 2 is 0.811 bits per heavy atom. The SMILES string of the molecule is C=C[C@@H](OCc1ccccc1)[C@H](OCc1ccccc1)[C@@H](COCc1ccccc1)OC(=O)CC[C@H]1O[C@H](COCc2ccccc2)[C@@H](OCc2ccccc2)[C@H](OCc2ccccc2)[C@@H]1OCc1ccccc1. The van der Waals surface area contributed by atoms with Gasteiger partial charge in [0.1, 0.15) is 36.6 Å². The molecule has 384 valence electrons. The Balaban J connectivity index is 1.07. The summed E-state index contributed by atoms with van der Waals surface area (Å²) in [6, 6.07) is 69.8. The van der Waals surface area contributed by atoms with Crippen LogP contribution in [-0.4, -0.2) is 68.0 Å². The molecule has 8 atom stereocenters. The molecule has 7 aromatic carbocycles. The van der Waals surface area contributed by atoms with E-state index in [9.17, 15) is 4.79 Å². The summed E-state index contributed by atoms with van der Waals surface area (Å²) in [5.41, 5.74) is 6.92. The van der Waals surface area contributed by atoms with E-state index in [0.29, 0.717) is 26.4 Å². The van der Waals surface area contributed by atoms with Crippen LogP contribution in [0, 0.1) is 0 Å². The maximum Gasteiger partial charge on any atom is 0.306 e. The summed E-state index contributed by atoms with van der Waals surface area (Å²) >= 11 is 0. The molecule has 0 unspecified atom stereocenters. The van der Waals surface area contributed by atoms with Gasteiger partial charge in [-0.15, -0.1) is 6.58 Å². The Hall–Kier alpha value is -6.57. The number of carbonyl (C=O) groups excluding carboxylic acids is 1. The zero-order valence-corrected chi connectivity index (χ0v) is 42.0. The standard InChI is InChI=1S/C64H68O10/c1-2-56(68-42-51-28-14-5-15-29-51)61(69-43-52-30-16-6-17-31-52)58(47-66-40-49-24-10-3-11-25-49)74-60(65)39-38-57-62(70-44-53-32-18-7-19-33-53)64(72-46-55-36-22-9-23-37-55)63(71-45-54-34-20-8-21-35-54)59(73-57)48-67-41-50-26-12-4-13-27-50/h2-37,56-59,61-64H,1,38-48H2/t56-,57-,58-,59-,61+,62-,63-,64-/m1/s1. The van der Waals surface area contributed by atoms with Gasteiger partial charge in [0.2, 0.25) is 0 Å². The average Bonchev–Trinajstić information content (AvgIpc) is 3.45. The molecule has 0 saturated carbocycles. The van der Waals surface area contributed by atoms with E-state index in [-0.39, 0.29) is 45.9 Å². The Morgan fingerprint density at radius 3 is 1.24 bits per heavy atom. The third-order valence-electron chi connectivity index (χ3n) is 12.8. The Morgan fingerprint density at radius 1 is 0.446 bits per heavy atom. The van der Waals surface area contributed by atoms with E-state index in [1.54, 1.807) is 6.08 Å². The summed E-state index contributed by atoms with van der Waals surface area (Å²) in [4.78, 5) is 14.6. The first-order chi connectivity index (χ1) is 36.6. The van der Waals surface area contributed by atoms with Crippen molar-refractivity contribution < 1.29 is 47.4 Å². The first kappa shape index (κ1) is 53.7. The van der Waals surface area contributed by atoms with Crippen molar-refractivity contribution in [2.75, 3.05) is 13.2 Å². The molecule has 0 aliphatic carbocycles. The van der Waals surface area contributed by atoms with Gasteiger partial charge >= 0.3 is 5.97 Å². The highest BCUT2D eigenvalue weighted by Crippen LogP contribution is 2.33. The average molecular weight is 997 g/mol. The number of benzene rings is 7. The van der Waals surface area contributed by atoms with Crippen LogP contribution in [0.25, 0.3) is 0 Å². The van der Waals surface area contributed by atoms with Gasteiger partial charge in [0.15, 0.2) is 6.10 Å². The zero-order chi connectivity index (χ0) is 50.8. The van der Waals surface area contributed by atoms with Crippen molar-refractivity contribution in [2.45, 2.75) is 108 Å². The molecule has 10 nitrogen and oxygen atoms in total. The van der Waals surface area contributed by atoms with Crippen LogP contribution in [0.2, 0.25) is 0 Å². The van der Waals surface area contributed by atoms with Gasteiger partial charge in [0, 0.05) is 6.42 Å². The molecule has 10 heteroatoms. The van der Waals surface area contributed by atoms with Crippen molar-refractivity contribution in [1.29, 1.82) is 0 Å². The summed E-state index contributed by atoms with van der Waals surface area (Å²) in [6.07, 6.45) is -3.68. The summed E-state index contributed by atoms with van der Waals surface area (Å²) in [5, 5.41) is 0. The van der Waals surface area contributed by atoms with Crippen molar-refractivity contribution in [3.8, 4) is 0 Å². The van der Waals surface area contributed by atoms with Crippen molar-refractivity contribution in [3.63, 3.8) is 0 Å². The van der Waals surface area contributed by atoms with Crippen molar-refractivity contribution in [1.82, 2.24) is 0 Å². The van der Waals surface area contributed by atoms with E-state index in [1.807, 2.05) is 212 Å². The normalized spacial score (nSPS) is 18.7. The lowest BCUT2D eigenvalue weighted by Crippen LogP contribution is -2.61. The fraction of sp³-hybridized carbons (Fsp3) is 0.297. The van der Waals surface area contributed by atoms with Crippen LogP contribution >= 0.6 is 0 Å². The highest BCUT2D eigenvalue weighted by molar-refractivity contribution is 5.69.